The van der Waals surface area contributed by atoms with Crippen molar-refractivity contribution in [3.63, 3.8) is 0 Å². The van der Waals surface area contributed by atoms with Gasteiger partial charge in [0.15, 0.2) is 0 Å². The van der Waals surface area contributed by atoms with Gasteiger partial charge in [-0.15, -0.1) is 0 Å². The standard InChI is InChI=1S/C13H27N3O3/c17-13(2-1-11-9-14-5-7-18-11)16-4-3-12-10-15-6-8-19-12/h11-17H,1-10H2. The van der Waals surface area contributed by atoms with Crippen molar-refractivity contribution in [2.45, 2.75) is 37.7 Å². The Labute approximate surface area is 115 Å². The molecule has 0 saturated carbocycles. The Morgan fingerprint density at radius 2 is 1.68 bits per heavy atom. The molecule has 2 fully saturated rings. The maximum Gasteiger partial charge on any atom is 0.105 e. The highest BCUT2D eigenvalue weighted by molar-refractivity contribution is 4.71. The molecular formula is C13H27N3O3. The first-order valence-corrected chi connectivity index (χ1v) is 7.40. The molecule has 3 unspecified atom stereocenters. The van der Waals surface area contributed by atoms with Gasteiger partial charge in [0.1, 0.15) is 6.23 Å². The Kier molecular flexibility index (Phi) is 7.05. The van der Waals surface area contributed by atoms with E-state index in [0.717, 1.165) is 65.2 Å². The van der Waals surface area contributed by atoms with Gasteiger partial charge in [-0.1, -0.05) is 0 Å². The van der Waals surface area contributed by atoms with Gasteiger partial charge < -0.3 is 25.2 Å². The quantitative estimate of drug-likeness (QED) is 0.448. The maximum absolute atomic E-state index is 9.87. The van der Waals surface area contributed by atoms with Crippen molar-refractivity contribution in [1.29, 1.82) is 0 Å². The van der Waals surface area contributed by atoms with Gasteiger partial charge in [0.05, 0.1) is 25.4 Å². The minimum absolute atomic E-state index is 0.246. The van der Waals surface area contributed by atoms with E-state index in [1.807, 2.05) is 0 Å². The first-order valence-electron chi connectivity index (χ1n) is 7.40. The number of nitrogens with one attached hydrogen (secondary N) is 3. The van der Waals surface area contributed by atoms with E-state index in [0.29, 0.717) is 0 Å². The van der Waals surface area contributed by atoms with Crippen molar-refractivity contribution in [2.75, 3.05) is 45.9 Å². The molecule has 0 aromatic carbocycles. The van der Waals surface area contributed by atoms with Crippen molar-refractivity contribution in [3.8, 4) is 0 Å². The molecule has 0 spiro atoms. The topological polar surface area (TPSA) is 74.8 Å². The number of morpholine rings is 2. The Bertz CT molecular complexity index is 231. The summed E-state index contributed by atoms with van der Waals surface area (Å²) in [4.78, 5) is 0. The first-order chi connectivity index (χ1) is 9.34. The lowest BCUT2D eigenvalue weighted by atomic mass is 10.1. The van der Waals surface area contributed by atoms with Crippen LogP contribution in [0, 0.1) is 0 Å². The summed E-state index contributed by atoms with van der Waals surface area (Å²) in [6.45, 7) is 6.05. The molecule has 0 aliphatic carbocycles. The lowest BCUT2D eigenvalue weighted by Crippen LogP contribution is -2.42. The summed E-state index contributed by atoms with van der Waals surface area (Å²) in [7, 11) is 0. The summed E-state index contributed by atoms with van der Waals surface area (Å²) in [5.74, 6) is 0. The Morgan fingerprint density at radius 3 is 2.26 bits per heavy atom. The van der Waals surface area contributed by atoms with Crippen molar-refractivity contribution in [2.24, 2.45) is 0 Å². The van der Waals surface area contributed by atoms with E-state index in [2.05, 4.69) is 16.0 Å². The third-order valence-corrected chi connectivity index (χ3v) is 3.62. The molecule has 0 aromatic heterocycles. The summed E-state index contributed by atoms with van der Waals surface area (Å²) in [5.41, 5.74) is 0. The largest absolute Gasteiger partial charge is 0.379 e. The second-order valence-electron chi connectivity index (χ2n) is 5.23. The molecule has 0 aromatic rings. The molecule has 0 radical (unpaired) electrons. The highest BCUT2D eigenvalue weighted by atomic mass is 16.5. The third kappa shape index (κ3) is 6.16. The monoisotopic (exact) mass is 273 g/mol. The van der Waals surface area contributed by atoms with Gasteiger partial charge in [-0.05, 0) is 25.8 Å². The number of hydrogen-bond donors (Lipinski definition) is 4. The zero-order valence-corrected chi connectivity index (χ0v) is 11.6. The summed E-state index contributed by atoms with van der Waals surface area (Å²) < 4.78 is 11.2. The van der Waals surface area contributed by atoms with Crippen LogP contribution in [-0.4, -0.2) is 69.5 Å². The lowest BCUT2D eigenvalue weighted by Gasteiger charge is -2.25. The minimum atomic E-state index is -0.443. The zero-order valence-electron chi connectivity index (χ0n) is 11.6. The second kappa shape index (κ2) is 8.84. The molecule has 0 bridgehead atoms. The molecule has 4 N–H and O–H groups in total. The van der Waals surface area contributed by atoms with Crippen molar-refractivity contribution in [1.82, 2.24) is 16.0 Å². The van der Waals surface area contributed by atoms with E-state index in [1.165, 1.54) is 0 Å². The van der Waals surface area contributed by atoms with Gasteiger partial charge in [0.2, 0.25) is 0 Å². The fourth-order valence-corrected chi connectivity index (χ4v) is 2.47. The van der Waals surface area contributed by atoms with E-state index < -0.39 is 6.23 Å². The molecular weight excluding hydrogens is 246 g/mol. The van der Waals surface area contributed by atoms with Crippen LogP contribution in [0.15, 0.2) is 0 Å². The fourth-order valence-electron chi connectivity index (χ4n) is 2.47. The Hall–Kier alpha value is -0.240. The van der Waals surface area contributed by atoms with E-state index >= 15 is 0 Å². The van der Waals surface area contributed by atoms with Crippen molar-refractivity contribution < 1.29 is 14.6 Å². The number of hydrogen-bond acceptors (Lipinski definition) is 6. The fraction of sp³-hybridized carbons (Fsp3) is 1.00. The minimum Gasteiger partial charge on any atom is -0.379 e. The Morgan fingerprint density at radius 1 is 1.05 bits per heavy atom. The van der Waals surface area contributed by atoms with Gasteiger partial charge in [0.25, 0.3) is 0 Å². The predicted molar refractivity (Wildman–Crippen MR) is 73.1 cm³/mol. The third-order valence-electron chi connectivity index (χ3n) is 3.62. The van der Waals surface area contributed by atoms with Crippen LogP contribution in [0.2, 0.25) is 0 Å². The van der Waals surface area contributed by atoms with E-state index in [9.17, 15) is 5.11 Å². The summed E-state index contributed by atoms with van der Waals surface area (Å²) in [6.07, 6.45) is 2.64. The van der Waals surface area contributed by atoms with Crippen LogP contribution < -0.4 is 16.0 Å². The maximum atomic E-state index is 9.87. The molecule has 0 amide bonds. The number of ether oxygens (including phenoxy) is 2. The average Bonchev–Trinajstić information content (AvgIpc) is 2.47. The second-order valence-corrected chi connectivity index (χ2v) is 5.23. The SMILES string of the molecule is OC(CCC1CNCCO1)NCCC1CNCCO1. The predicted octanol–water partition coefficient (Wildman–Crippen LogP) is -0.958. The highest BCUT2D eigenvalue weighted by Crippen LogP contribution is 2.06. The molecule has 6 nitrogen and oxygen atoms in total. The van der Waals surface area contributed by atoms with Crippen LogP contribution >= 0.6 is 0 Å². The number of rotatable bonds is 7. The zero-order chi connectivity index (χ0) is 13.3. The molecule has 2 rings (SSSR count). The van der Waals surface area contributed by atoms with Gasteiger partial charge in [-0.25, -0.2) is 0 Å². The van der Waals surface area contributed by atoms with Gasteiger partial charge in [-0.3, -0.25) is 5.32 Å². The molecule has 19 heavy (non-hydrogen) atoms. The lowest BCUT2D eigenvalue weighted by molar-refractivity contribution is 0.00685. The Balaban J connectivity index is 1.47. The average molecular weight is 273 g/mol. The van der Waals surface area contributed by atoms with Crippen molar-refractivity contribution in [3.05, 3.63) is 0 Å². The van der Waals surface area contributed by atoms with Crippen molar-refractivity contribution >= 4 is 0 Å². The van der Waals surface area contributed by atoms with Gasteiger partial charge in [-0.2, -0.15) is 0 Å². The van der Waals surface area contributed by atoms with E-state index in [-0.39, 0.29) is 12.2 Å². The van der Waals surface area contributed by atoms with Crippen LogP contribution in [0.1, 0.15) is 19.3 Å². The molecule has 6 heteroatoms. The summed E-state index contributed by atoms with van der Waals surface area (Å²) >= 11 is 0. The number of aliphatic hydroxyl groups is 1. The van der Waals surface area contributed by atoms with Crippen LogP contribution in [0.25, 0.3) is 0 Å². The van der Waals surface area contributed by atoms with E-state index in [4.69, 9.17) is 9.47 Å². The molecule has 112 valence electrons. The van der Waals surface area contributed by atoms with E-state index in [1.54, 1.807) is 0 Å². The van der Waals surface area contributed by atoms with Crippen LogP contribution in [0.3, 0.4) is 0 Å². The van der Waals surface area contributed by atoms with Crippen LogP contribution in [-0.2, 0) is 9.47 Å². The molecule has 2 aliphatic rings. The van der Waals surface area contributed by atoms with Crippen LogP contribution in [0.5, 0.6) is 0 Å². The molecule has 2 heterocycles. The summed E-state index contributed by atoms with van der Waals surface area (Å²) in [5, 5.41) is 19.6. The summed E-state index contributed by atoms with van der Waals surface area (Å²) in [6, 6.07) is 0. The number of aliphatic hydroxyl groups excluding tert-OH is 1. The highest BCUT2D eigenvalue weighted by Gasteiger charge is 2.16. The van der Waals surface area contributed by atoms with Gasteiger partial charge >= 0.3 is 0 Å². The normalized spacial score (nSPS) is 30.2. The smallest absolute Gasteiger partial charge is 0.105 e. The first kappa shape index (κ1) is 15.2. The molecule has 2 saturated heterocycles. The van der Waals surface area contributed by atoms with Gasteiger partial charge in [0, 0.05) is 26.2 Å². The van der Waals surface area contributed by atoms with Crippen LogP contribution in [0.4, 0.5) is 0 Å². The molecule has 3 atom stereocenters. The molecule has 2 aliphatic heterocycles.